The number of carbonyl (C=O) groups excluding carboxylic acids is 2. The number of hydrogen-bond donors (Lipinski definition) is 1. The van der Waals surface area contributed by atoms with Gasteiger partial charge in [-0.1, -0.05) is 18.7 Å². The summed E-state index contributed by atoms with van der Waals surface area (Å²) in [5.41, 5.74) is 1.04. The zero-order valence-corrected chi connectivity index (χ0v) is 13.3. The maximum absolute atomic E-state index is 14.1. The molecule has 0 aliphatic carbocycles. The topological polar surface area (TPSA) is 75.2 Å². The highest BCUT2D eigenvalue weighted by Gasteiger charge is 2.45. The molecule has 1 atom stereocenters. The van der Waals surface area contributed by atoms with E-state index in [0.717, 1.165) is 6.08 Å². The second-order valence-corrected chi connectivity index (χ2v) is 5.77. The lowest BCUT2D eigenvalue weighted by Gasteiger charge is -2.38. The fourth-order valence-electron chi connectivity index (χ4n) is 2.68. The Balaban J connectivity index is 1.79. The van der Waals surface area contributed by atoms with E-state index in [0.29, 0.717) is 11.0 Å². The molecule has 1 saturated heterocycles. The number of nitrogens with zero attached hydrogens (tertiary/aromatic N) is 3. The molecule has 1 aliphatic heterocycles. The van der Waals surface area contributed by atoms with E-state index in [9.17, 15) is 18.4 Å². The van der Waals surface area contributed by atoms with Gasteiger partial charge in [0.1, 0.15) is 11.7 Å². The van der Waals surface area contributed by atoms with Gasteiger partial charge in [0.15, 0.2) is 0 Å². The maximum atomic E-state index is 14.1. The minimum atomic E-state index is -3.11. The third kappa shape index (κ3) is 3.47. The average molecular weight is 346 g/mol. The lowest BCUT2D eigenvalue weighted by atomic mass is 10.0. The Hall–Kier alpha value is -2.90. The van der Waals surface area contributed by atoms with Crippen molar-refractivity contribution in [1.82, 2.24) is 20.2 Å². The number of carbonyl (C=O) groups is 2. The summed E-state index contributed by atoms with van der Waals surface area (Å²) < 4.78 is 28.2. The van der Waals surface area contributed by atoms with Crippen LogP contribution in [0.3, 0.4) is 0 Å². The van der Waals surface area contributed by atoms with Gasteiger partial charge in [0.2, 0.25) is 5.91 Å². The van der Waals surface area contributed by atoms with Gasteiger partial charge >= 0.3 is 0 Å². The Morgan fingerprint density at radius 2 is 2.04 bits per heavy atom. The van der Waals surface area contributed by atoms with Gasteiger partial charge in [-0.25, -0.2) is 13.8 Å². The minimum absolute atomic E-state index is 0.0540. The number of piperidine rings is 1. The summed E-state index contributed by atoms with van der Waals surface area (Å²) >= 11 is 0. The second kappa shape index (κ2) is 6.54. The van der Waals surface area contributed by atoms with E-state index in [-0.39, 0.29) is 18.8 Å². The Labute approximate surface area is 142 Å². The molecule has 2 amide bonds. The predicted molar refractivity (Wildman–Crippen MR) is 87.1 cm³/mol. The van der Waals surface area contributed by atoms with E-state index in [4.69, 9.17) is 0 Å². The summed E-state index contributed by atoms with van der Waals surface area (Å²) in [4.78, 5) is 33.5. The van der Waals surface area contributed by atoms with Crippen LogP contribution >= 0.6 is 0 Å². The van der Waals surface area contributed by atoms with Crippen LogP contribution in [0.1, 0.15) is 16.9 Å². The number of amides is 2. The molecule has 2 aromatic rings. The molecule has 1 aromatic heterocycles. The molecule has 3 rings (SSSR count). The first-order valence-electron chi connectivity index (χ1n) is 7.72. The Morgan fingerprint density at radius 1 is 1.32 bits per heavy atom. The van der Waals surface area contributed by atoms with Crippen molar-refractivity contribution in [3.63, 3.8) is 0 Å². The van der Waals surface area contributed by atoms with E-state index in [1.165, 1.54) is 11.1 Å². The van der Waals surface area contributed by atoms with Crippen molar-refractivity contribution < 1.29 is 18.4 Å². The highest BCUT2D eigenvalue weighted by atomic mass is 19.3. The lowest BCUT2D eigenvalue weighted by Crippen LogP contribution is -2.59. The molecule has 1 N–H and O–H groups in total. The van der Waals surface area contributed by atoms with Crippen LogP contribution in [-0.4, -0.2) is 51.7 Å². The number of halogens is 2. The summed E-state index contributed by atoms with van der Waals surface area (Å²) in [6.07, 6.45) is 1.78. The predicted octanol–water partition coefficient (Wildman–Crippen LogP) is 1.78. The summed E-state index contributed by atoms with van der Waals surface area (Å²) in [6, 6.07) is 5.44. The molecule has 130 valence electrons. The Morgan fingerprint density at radius 3 is 2.76 bits per heavy atom. The molecule has 1 aliphatic rings. The SMILES string of the molecule is C=CC(=O)N1CCC(F)(F)[C@H](NC(=O)c2cnc3ccccc3n2)C1. The zero-order chi connectivity index (χ0) is 18.0. The third-order valence-corrected chi connectivity index (χ3v) is 4.10. The Bertz CT molecular complexity index is 840. The zero-order valence-electron chi connectivity index (χ0n) is 13.3. The Kier molecular flexibility index (Phi) is 4.43. The number of para-hydroxylation sites is 2. The van der Waals surface area contributed by atoms with Gasteiger partial charge in [-0.3, -0.25) is 14.6 Å². The molecule has 2 heterocycles. The number of benzene rings is 1. The van der Waals surface area contributed by atoms with Crippen molar-refractivity contribution in [2.45, 2.75) is 18.4 Å². The van der Waals surface area contributed by atoms with Gasteiger partial charge in [-0.05, 0) is 18.2 Å². The molecular formula is C17H16F2N4O2. The minimum Gasteiger partial charge on any atom is -0.340 e. The van der Waals surface area contributed by atoms with E-state index in [2.05, 4.69) is 21.9 Å². The summed E-state index contributed by atoms with van der Waals surface area (Å²) in [5.74, 6) is -4.31. The molecule has 0 unspecified atom stereocenters. The first-order chi connectivity index (χ1) is 11.9. The number of aromatic nitrogens is 2. The number of likely N-dealkylation sites (tertiary alicyclic amines) is 1. The number of fused-ring (bicyclic) bond motifs is 1. The lowest BCUT2D eigenvalue weighted by molar-refractivity contribution is -0.135. The molecule has 0 bridgehead atoms. The molecule has 1 aromatic carbocycles. The first kappa shape index (κ1) is 16.9. The highest BCUT2D eigenvalue weighted by molar-refractivity contribution is 5.94. The number of rotatable bonds is 3. The van der Waals surface area contributed by atoms with Crippen molar-refractivity contribution in [3.05, 3.63) is 48.8 Å². The molecule has 1 fully saturated rings. The van der Waals surface area contributed by atoms with Crippen LogP contribution in [0.5, 0.6) is 0 Å². The van der Waals surface area contributed by atoms with E-state index in [1.807, 2.05) is 0 Å². The highest BCUT2D eigenvalue weighted by Crippen LogP contribution is 2.28. The molecular weight excluding hydrogens is 330 g/mol. The van der Waals surface area contributed by atoms with Crippen molar-refractivity contribution >= 4 is 22.8 Å². The van der Waals surface area contributed by atoms with Gasteiger partial charge < -0.3 is 10.2 Å². The molecule has 25 heavy (non-hydrogen) atoms. The number of nitrogens with one attached hydrogen (secondary N) is 1. The fraction of sp³-hybridized carbons (Fsp3) is 0.294. The fourth-order valence-corrected chi connectivity index (χ4v) is 2.68. The van der Waals surface area contributed by atoms with Gasteiger partial charge in [0, 0.05) is 19.5 Å². The quantitative estimate of drug-likeness (QED) is 0.860. The van der Waals surface area contributed by atoms with Crippen LogP contribution in [0.25, 0.3) is 11.0 Å². The van der Waals surface area contributed by atoms with E-state index < -0.39 is 30.2 Å². The normalized spacial score (nSPS) is 19.4. The summed E-state index contributed by atoms with van der Waals surface area (Å²) in [7, 11) is 0. The summed E-state index contributed by atoms with van der Waals surface area (Å²) in [6.45, 7) is 2.98. The smallest absolute Gasteiger partial charge is 0.271 e. The maximum Gasteiger partial charge on any atom is 0.271 e. The molecule has 0 saturated carbocycles. The third-order valence-electron chi connectivity index (χ3n) is 4.10. The van der Waals surface area contributed by atoms with E-state index in [1.54, 1.807) is 24.3 Å². The van der Waals surface area contributed by atoms with E-state index >= 15 is 0 Å². The van der Waals surface area contributed by atoms with Crippen molar-refractivity contribution in [1.29, 1.82) is 0 Å². The monoisotopic (exact) mass is 346 g/mol. The molecule has 8 heteroatoms. The van der Waals surface area contributed by atoms with Crippen molar-refractivity contribution in [3.8, 4) is 0 Å². The largest absolute Gasteiger partial charge is 0.340 e. The van der Waals surface area contributed by atoms with Crippen molar-refractivity contribution in [2.75, 3.05) is 13.1 Å². The van der Waals surface area contributed by atoms with Gasteiger partial charge in [-0.15, -0.1) is 0 Å². The molecule has 6 nitrogen and oxygen atoms in total. The first-order valence-corrected chi connectivity index (χ1v) is 7.72. The van der Waals surface area contributed by atoms with Crippen LogP contribution in [0, 0.1) is 0 Å². The standard InChI is InChI=1S/C17H16F2N4O2/c1-2-15(24)23-8-7-17(18,19)14(10-23)22-16(25)13-9-20-11-5-3-4-6-12(11)21-13/h2-6,9,14H,1,7-8,10H2,(H,22,25)/t14-/m1/s1. The van der Waals surface area contributed by atoms with Gasteiger partial charge in [-0.2, -0.15) is 0 Å². The van der Waals surface area contributed by atoms with Crippen LogP contribution < -0.4 is 5.32 Å². The second-order valence-electron chi connectivity index (χ2n) is 5.77. The van der Waals surface area contributed by atoms with Crippen molar-refractivity contribution in [2.24, 2.45) is 0 Å². The van der Waals surface area contributed by atoms with Crippen LogP contribution in [0.2, 0.25) is 0 Å². The summed E-state index contributed by atoms with van der Waals surface area (Å²) in [5, 5.41) is 2.28. The number of hydrogen-bond acceptors (Lipinski definition) is 4. The van der Waals surface area contributed by atoms with Crippen LogP contribution in [0.15, 0.2) is 43.1 Å². The van der Waals surface area contributed by atoms with Gasteiger partial charge in [0.05, 0.1) is 17.2 Å². The van der Waals surface area contributed by atoms with Gasteiger partial charge in [0.25, 0.3) is 11.8 Å². The molecule has 0 radical (unpaired) electrons. The van der Waals surface area contributed by atoms with Crippen LogP contribution in [-0.2, 0) is 4.79 Å². The molecule has 0 spiro atoms. The van der Waals surface area contributed by atoms with Crippen LogP contribution in [0.4, 0.5) is 8.78 Å². The number of alkyl halides is 2. The average Bonchev–Trinajstić information content (AvgIpc) is 2.62.